The van der Waals surface area contributed by atoms with Crippen molar-refractivity contribution in [3.05, 3.63) is 48.0 Å². The van der Waals surface area contributed by atoms with Gasteiger partial charge in [-0.2, -0.15) is 13.2 Å². The van der Waals surface area contributed by atoms with E-state index < -0.39 is 45.5 Å². The van der Waals surface area contributed by atoms with Gasteiger partial charge in [-0.05, 0) is 61.2 Å². The first-order valence-corrected chi connectivity index (χ1v) is 14.0. The second kappa shape index (κ2) is 11.1. The zero-order chi connectivity index (χ0) is 27.7. The van der Waals surface area contributed by atoms with Gasteiger partial charge in [0.2, 0.25) is 10.0 Å². The molecule has 12 heteroatoms. The Bertz CT molecular complexity index is 1230. The third-order valence-corrected chi connectivity index (χ3v) is 8.56. The number of hydrogen-bond donors (Lipinski definition) is 4. The lowest BCUT2D eigenvalue weighted by Gasteiger charge is -2.36. The minimum absolute atomic E-state index is 0.0496. The second-order valence-electron chi connectivity index (χ2n) is 10.3. The van der Waals surface area contributed by atoms with E-state index in [9.17, 15) is 36.9 Å². The van der Waals surface area contributed by atoms with Crippen LogP contribution in [0.2, 0.25) is 0 Å². The van der Waals surface area contributed by atoms with Crippen LogP contribution in [0.1, 0.15) is 31.7 Å². The summed E-state index contributed by atoms with van der Waals surface area (Å²) >= 11 is 0. The maximum atomic E-state index is 13.3. The Hall–Kier alpha value is -2.22. The van der Waals surface area contributed by atoms with Gasteiger partial charge in [0.15, 0.2) is 0 Å². The number of ether oxygens (including phenoxy) is 1. The molecule has 210 valence electrons. The fourth-order valence-corrected chi connectivity index (χ4v) is 6.53. The van der Waals surface area contributed by atoms with Gasteiger partial charge in [-0.3, -0.25) is 0 Å². The summed E-state index contributed by atoms with van der Waals surface area (Å²) in [5, 5.41) is 31.3. The Labute approximate surface area is 220 Å². The second-order valence-corrected chi connectivity index (χ2v) is 12.0. The summed E-state index contributed by atoms with van der Waals surface area (Å²) in [5.74, 6) is -0.0697. The molecule has 1 saturated carbocycles. The van der Waals surface area contributed by atoms with Crippen molar-refractivity contribution in [2.75, 3.05) is 32.8 Å². The molecule has 2 aromatic rings. The van der Waals surface area contributed by atoms with Gasteiger partial charge in [-0.15, -0.1) is 0 Å². The molecule has 1 fully saturated rings. The van der Waals surface area contributed by atoms with E-state index in [1.807, 2.05) is 11.8 Å². The summed E-state index contributed by atoms with van der Waals surface area (Å²) in [5.41, 5.74) is -1.03. The van der Waals surface area contributed by atoms with Crippen LogP contribution < -0.4 is 9.46 Å². The molecule has 1 heterocycles. The topological polar surface area (TPSA) is 119 Å². The molecule has 2 aromatic carbocycles. The van der Waals surface area contributed by atoms with E-state index in [1.54, 1.807) is 0 Å². The predicted molar refractivity (Wildman–Crippen MR) is 134 cm³/mol. The number of nitrogens with one attached hydrogen (secondary N) is 1. The smallest absolute Gasteiger partial charge is 0.416 e. The van der Waals surface area contributed by atoms with Gasteiger partial charge in [0.25, 0.3) is 0 Å². The molecule has 0 bridgehead atoms. The van der Waals surface area contributed by atoms with Gasteiger partial charge < -0.3 is 25.0 Å². The molecule has 38 heavy (non-hydrogen) atoms. The van der Waals surface area contributed by atoms with E-state index in [-0.39, 0.29) is 48.7 Å². The molecule has 0 aromatic heterocycles. The molecule has 1 unspecified atom stereocenters. The molecule has 2 aliphatic rings. The lowest BCUT2D eigenvalue weighted by molar-refractivity contribution is -0.137. The Kier molecular flexibility index (Phi) is 8.41. The lowest BCUT2D eigenvalue weighted by atomic mass is 9.85. The highest BCUT2D eigenvalue weighted by Crippen LogP contribution is 2.41. The number of fused-ring (bicyclic) bond motifs is 1. The molecule has 1 aliphatic heterocycles. The number of nitrogens with zero attached hydrogens (tertiary/aromatic N) is 1. The summed E-state index contributed by atoms with van der Waals surface area (Å²) < 4.78 is 74.7. The van der Waals surface area contributed by atoms with Crippen LogP contribution in [-0.2, 0) is 16.2 Å². The van der Waals surface area contributed by atoms with Gasteiger partial charge in [0.05, 0.1) is 30.5 Å². The van der Waals surface area contributed by atoms with E-state index in [0.29, 0.717) is 18.7 Å². The van der Waals surface area contributed by atoms with Crippen LogP contribution in [0.25, 0.3) is 11.1 Å². The van der Waals surface area contributed by atoms with Crippen molar-refractivity contribution in [3.8, 4) is 16.9 Å². The third kappa shape index (κ3) is 6.49. The largest absolute Gasteiger partial charge is 0.492 e. The molecular weight excluding hydrogens is 525 g/mol. The van der Waals surface area contributed by atoms with E-state index in [0.717, 1.165) is 18.6 Å². The molecule has 4 atom stereocenters. The fourth-order valence-electron chi connectivity index (χ4n) is 5.34. The Balaban J connectivity index is 1.77. The Morgan fingerprint density at radius 1 is 1.08 bits per heavy atom. The van der Waals surface area contributed by atoms with Crippen LogP contribution in [0.4, 0.5) is 13.2 Å². The number of hydrogen-bond acceptors (Lipinski definition) is 7. The molecule has 0 radical (unpaired) electrons. The summed E-state index contributed by atoms with van der Waals surface area (Å²) in [4.78, 5) is 1.75. The average Bonchev–Trinajstić information content (AvgIpc) is 3.13. The molecule has 1 aliphatic carbocycles. The Morgan fingerprint density at radius 3 is 2.42 bits per heavy atom. The van der Waals surface area contributed by atoms with E-state index in [2.05, 4.69) is 4.72 Å². The van der Waals surface area contributed by atoms with Gasteiger partial charge in [0.1, 0.15) is 10.6 Å². The molecule has 1 spiro atoms. The van der Waals surface area contributed by atoms with Gasteiger partial charge in [0, 0.05) is 25.0 Å². The number of aliphatic hydroxyl groups is 3. The highest BCUT2D eigenvalue weighted by atomic mass is 32.2. The Morgan fingerprint density at radius 2 is 1.76 bits per heavy atom. The minimum atomic E-state index is -4.54. The van der Waals surface area contributed by atoms with Gasteiger partial charge in [-0.1, -0.05) is 25.1 Å². The van der Waals surface area contributed by atoms with Gasteiger partial charge in [-0.25, -0.2) is 13.1 Å². The standard InChI is InChI=1S/C26H33F3N2O6S/c1-2-8-31-14-20(32)13-30-38(35,36)24-7-6-18(17-4-3-5-19(9-17)26(27,28)29)10-23(24)37-16-25(15-31)11-21(33)22(34)12-25/h3-7,9-10,20-22,30,32-34H,2,8,11-16H2,1H3/t20-,21-,22+,25?/m0/s1. The van der Waals surface area contributed by atoms with Gasteiger partial charge >= 0.3 is 6.18 Å². The maximum Gasteiger partial charge on any atom is 0.416 e. The summed E-state index contributed by atoms with van der Waals surface area (Å²) in [7, 11) is -4.15. The van der Waals surface area contributed by atoms with E-state index in [1.165, 1.54) is 30.3 Å². The van der Waals surface area contributed by atoms with Crippen molar-refractivity contribution in [1.82, 2.24) is 9.62 Å². The predicted octanol–water partition coefficient (Wildman–Crippen LogP) is 2.62. The molecule has 4 N–H and O–H groups in total. The third-order valence-electron chi connectivity index (χ3n) is 7.10. The van der Waals surface area contributed by atoms with Crippen molar-refractivity contribution in [2.45, 2.75) is 55.6 Å². The number of aliphatic hydroxyl groups excluding tert-OH is 3. The van der Waals surface area contributed by atoms with Crippen LogP contribution in [-0.4, -0.2) is 79.7 Å². The van der Waals surface area contributed by atoms with Crippen molar-refractivity contribution in [1.29, 1.82) is 0 Å². The quantitative estimate of drug-likeness (QED) is 0.457. The molecule has 0 amide bonds. The molecular formula is C26H33F3N2O6S. The van der Waals surface area contributed by atoms with Crippen LogP contribution in [0.15, 0.2) is 47.4 Å². The molecule has 8 nitrogen and oxygen atoms in total. The van der Waals surface area contributed by atoms with Crippen LogP contribution >= 0.6 is 0 Å². The summed E-state index contributed by atoms with van der Waals surface area (Å²) in [6.45, 7) is 2.85. The highest BCUT2D eigenvalue weighted by molar-refractivity contribution is 7.89. The number of β-amino-alcohol motifs (C(OH)–C–C–N with tert-alkyl or cyclic N) is 1. The number of halogens is 3. The summed E-state index contributed by atoms with van der Waals surface area (Å²) in [6.07, 6.45) is -6.35. The number of sulfonamides is 1. The number of rotatable bonds is 3. The van der Waals surface area contributed by atoms with Crippen molar-refractivity contribution < 1.29 is 41.6 Å². The van der Waals surface area contributed by atoms with Crippen molar-refractivity contribution >= 4 is 10.0 Å². The zero-order valence-corrected chi connectivity index (χ0v) is 21.8. The number of benzene rings is 2. The lowest BCUT2D eigenvalue weighted by Crippen LogP contribution is -2.47. The SMILES string of the molecule is CCCN1C[C@@H](O)CNS(=O)(=O)c2ccc(-c3cccc(C(F)(F)F)c3)cc2OCC2(C[C@@H](O)[C@@H](O)C2)C1. The number of alkyl halides is 3. The highest BCUT2D eigenvalue weighted by Gasteiger charge is 2.46. The first-order chi connectivity index (χ1) is 17.8. The molecule has 4 rings (SSSR count). The van der Waals surface area contributed by atoms with Crippen LogP contribution in [0.3, 0.4) is 0 Å². The van der Waals surface area contributed by atoms with Crippen molar-refractivity contribution in [2.24, 2.45) is 5.41 Å². The first-order valence-electron chi connectivity index (χ1n) is 12.5. The maximum absolute atomic E-state index is 13.3. The van der Waals surface area contributed by atoms with E-state index in [4.69, 9.17) is 4.74 Å². The normalized spacial score (nSPS) is 28.8. The molecule has 0 saturated heterocycles. The first kappa shape index (κ1) is 28.8. The monoisotopic (exact) mass is 558 g/mol. The zero-order valence-electron chi connectivity index (χ0n) is 21.0. The fraction of sp³-hybridized carbons (Fsp3) is 0.538. The van der Waals surface area contributed by atoms with E-state index >= 15 is 0 Å². The summed E-state index contributed by atoms with van der Waals surface area (Å²) in [6, 6.07) is 8.75. The van der Waals surface area contributed by atoms with Crippen LogP contribution in [0.5, 0.6) is 5.75 Å². The van der Waals surface area contributed by atoms with Crippen LogP contribution in [0, 0.1) is 5.41 Å². The minimum Gasteiger partial charge on any atom is -0.492 e. The average molecular weight is 559 g/mol. The van der Waals surface area contributed by atoms with Crippen molar-refractivity contribution in [3.63, 3.8) is 0 Å².